The third-order valence-corrected chi connectivity index (χ3v) is 4.40. The van der Waals surface area contributed by atoms with Crippen LogP contribution >= 0.6 is 21.6 Å². The second kappa shape index (κ2) is 12.3. The first-order valence-electron chi connectivity index (χ1n) is 6.62. The fourth-order valence-electron chi connectivity index (χ4n) is 1.21. The van der Waals surface area contributed by atoms with Crippen molar-refractivity contribution in [3.8, 4) is 0 Å². The Balaban J connectivity index is 3.10. The highest BCUT2D eigenvalue weighted by molar-refractivity contribution is 8.76. The lowest BCUT2D eigenvalue weighted by molar-refractivity contribution is -0.122. The Morgan fingerprint density at radius 3 is 2.56 bits per heavy atom. The van der Waals surface area contributed by atoms with E-state index in [1.165, 1.54) is 0 Å². The number of ether oxygens (including phenoxy) is 1. The van der Waals surface area contributed by atoms with Crippen molar-refractivity contribution in [1.82, 2.24) is 5.32 Å². The van der Waals surface area contributed by atoms with E-state index in [4.69, 9.17) is 4.74 Å². The van der Waals surface area contributed by atoms with Crippen molar-refractivity contribution in [2.75, 3.05) is 24.8 Å². The van der Waals surface area contributed by atoms with Crippen molar-refractivity contribution >= 4 is 27.4 Å². The molecule has 0 aliphatic rings. The zero-order valence-corrected chi connectivity index (χ0v) is 13.7. The molecule has 0 spiro atoms. The Morgan fingerprint density at radius 2 is 1.94 bits per heavy atom. The normalized spacial score (nSPS) is 11.4. The van der Waals surface area contributed by atoms with Gasteiger partial charge in [0.05, 0.1) is 0 Å². The van der Waals surface area contributed by atoms with Gasteiger partial charge in [-0.15, -0.1) is 0 Å². The van der Waals surface area contributed by atoms with Gasteiger partial charge in [0.2, 0.25) is 0 Å². The highest BCUT2D eigenvalue weighted by Gasteiger charge is 2.05. The second-order valence-electron chi connectivity index (χ2n) is 4.80. The summed E-state index contributed by atoms with van der Waals surface area (Å²) in [5.74, 6) is 2.30. The standard InChI is InChI=1S/C13H27NO2S2/c1-11(2)13(15)6-5-8-16-10-18-17-9-7-14-12(3)4/h11-12,14H,5-10H2,1-4H3. The first-order valence-corrected chi connectivity index (χ1v) is 9.11. The van der Waals surface area contributed by atoms with Crippen LogP contribution in [0.3, 0.4) is 0 Å². The molecule has 18 heavy (non-hydrogen) atoms. The van der Waals surface area contributed by atoms with Gasteiger partial charge in [-0.2, -0.15) is 0 Å². The third-order valence-electron chi connectivity index (χ3n) is 2.31. The van der Waals surface area contributed by atoms with Crippen LogP contribution < -0.4 is 5.32 Å². The number of nitrogens with one attached hydrogen (secondary N) is 1. The van der Waals surface area contributed by atoms with Gasteiger partial charge in [0, 0.05) is 37.3 Å². The fraction of sp³-hybridized carbons (Fsp3) is 0.923. The molecule has 108 valence electrons. The maximum Gasteiger partial charge on any atom is 0.135 e. The predicted octanol–water partition coefficient (Wildman–Crippen LogP) is 3.35. The maximum atomic E-state index is 11.3. The first-order chi connectivity index (χ1) is 8.54. The minimum Gasteiger partial charge on any atom is -0.370 e. The zero-order chi connectivity index (χ0) is 13.8. The molecule has 1 N–H and O–H groups in total. The van der Waals surface area contributed by atoms with Crippen LogP contribution in [0.25, 0.3) is 0 Å². The predicted molar refractivity (Wildman–Crippen MR) is 83.1 cm³/mol. The molecule has 0 saturated carbocycles. The van der Waals surface area contributed by atoms with Crippen molar-refractivity contribution in [3.63, 3.8) is 0 Å². The molecular weight excluding hydrogens is 266 g/mol. The molecule has 0 amide bonds. The lowest BCUT2D eigenvalue weighted by Crippen LogP contribution is -2.24. The average Bonchev–Trinajstić information content (AvgIpc) is 2.30. The highest BCUT2D eigenvalue weighted by Crippen LogP contribution is 2.20. The highest BCUT2D eigenvalue weighted by atomic mass is 33.1. The van der Waals surface area contributed by atoms with Crippen LogP contribution in [0.1, 0.15) is 40.5 Å². The summed E-state index contributed by atoms with van der Waals surface area (Å²) in [4.78, 5) is 11.3. The number of carbonyl (C=O) groups excluding carboxylic acids is 1. The zero-order valence-electron chi connectivity index (χ0n) is 12.0. The van der Waals surface area contributed by atoms with E-state index in [1.807, 2.05) is 24.6 Å². The van der Waals surface area contributed by atoms with Crippen LogP contribution in [-0.4, -0.2) is 36.7 Å². The van der Waals surface area contributed by atoms with E-state index < -0.39 is 0 Å². The van der Waals surface area contributed by atoms with Crippen molar-refractivity contribution in [2.45, 2.75) is 46.6 Å². The second-order valence-corrected chi connectivity index (χ2v) is 7.33. The SMILES string of the molecule is CC(C)NCCSSCOCCCC(=O)C(C)C. The van der Waals surface area contributed by atoms with Gasteiger partial charge in [0.1, 0.15) is 11.7 Å². The van der Waals surface area contributed by atoms with Gasteiger partial charge >= 0.3 is 0 Å². The summed E-state index contributed by atoms with van der Waals surface area (Å²) < 4.78 is 5.46. The maximum absolute atomic E-state index is 11.3. The summed E-state index contributed by atoms with van der Waals surface area (Å²) in [6.07, 6.45) is 1.49. The molecule has 0 atom stereocenters. The first kappa shape index (κ1) is 18.3. The smallest absolute Gasteiger partial charge is 0.135 e. The van der Waals surface area contributed by atoms with E-state index in [-0.39, 0.29) is 5.92 Å². The Kier molecular flexibility index (Phi) is 12.5. The molecular formula is C13H27NO2S2. The van der Waals surface area contributed by atoms with E-state index in [9.17, 15) is 4.79 Å². The number of carbonyl (C=O) groups is 1. The summed E-state index contributed by atoms with van der Waals surface area (Å²) in [5, 5.41) is 3.37. The minimum absolute atomic E-state index is 0.156. The number of ketones is 1. The van der Waals surface area contributed by atoms with Gasteiger partial charge in [-0.05, 0) is 6.42 Å². The molecule has 3 nitrogen and oxygen atoms in total. The lowest BCUT2D eigenvalue weighted by Gasteiger charge is -2.07. The molecule has 0 unspecified atom stereocenters. The summed E-state index contributed by atoms with van der Waals surface area (Å²) in [5.41, 5.74) is 0. The van der Waals surface area contributed by atoms with Gasteiger partial charge in [-0.3, -0.25) is 4.79 Å². The summed E-state index contributed by atoms with van der Waals surface area (Å²) >= 11 is 0. The molecule has 0 aliphatic heterocycles. The fourth-order valence-corrected chi connectivity index (χ4v) is 2.80. The average molecular weight is 293 g/mol. The van der Waals surface area contributed by atoms with Crippen molar-refractivity contribution in [1.29, 1.82) is 0 Å². The van der Waals surface area contributed by atoms with Gasteiger partial charge in [0.25, 0.3) is 0 Å². The number of hydrogen-bond donors (Lipinski definition) is 1. The molecule has 0 aromatic carbocycles. The van der Waals surface area contributed by atoms with Crippen LogP contribution in [0, 0.1) is 5.92 Å². The van der Waals surface area contributed by atoms with Crippen LogP contribution in [0.4, 0.5) is 0 Å². The Morgan fingerprint density at radius 1 is 1.22 bits per heavy atom. The monoisotopic (exact) mass is 293 g/mol. The summed E-state index contributed by atoms with van der Waals surface area (Å²) in [7, 11) is 3.57. The molecule has 5 heteroatoms. The Hall–Kier alpha value is 0.290. The van der Waals surface area contributed by atoms with E-state index in [0.717, 1.165) is 18.7 Å². The lowest BCUT2D eigenvalue weighted by atomic mass is 10.1. The topological polar surface area (TPSA) is 38.3 Å². The van der Waals surface area contributed by atoms with Crippen molar-refractivity contribution in [3.05, 3.63) is 0 Å². The molecule has 0 aromatic rings. The molecule has 0 aromatic heterocycles. The summed E-state index contributed by atoms with van der Waals surface area (Å²) in [6.45, 7) is 9.93. The van der Waals surface area contributed by atoms with Crippen LogP contribution in [0.2, 0.25) is 0 Å². The molecule has 0 radical (unpaired) electrons. The van der Waals surface area contributed by atoms with E-state index >= 15 is 0 Å². The van der Waals surface area contributed by atoms with Crippen LogP contribution in [0.15, 0.2) is 0 Å². The number of rotatable bonds is 12. The van der Waals surface area contributed by atoms with Crippen LogP contribution in [-0.2, 0) is 9.53 Å². The van der Waals surface area contributed by atoms with E-state index in [1.54, 1.807) is 10.8 Å². The van der Waals surface area contributed by atoms with Gasteiger partial charge in [-0.25, -0.2) is 0 Å². The number of hydrogen-bond acceptors (Lipinski definition) is 5. The Bertz CT molecular complexity index is 211. The molecule has 0 saturated heterocycles. The van der Waals surface area contributed by atoms with Crippen molar-refractivity contribution in [2.24, 2.45) is 5.92 Å². The number of Topliss-reactive ketones (excluding diaryl/α,β-unsaturated/α-hetero) is 1. The largest absolute Gasteiger partial charge is 0.370 e. The molecule has 0 heterocycles. The van der Waals surface area contributed by atoms with E-state index in [0.29, 0.717) is 30.8 Å². The molecule has 0 aliphatic carbocycles. The molecule has 0 bridgehead atoms. The van der Waals surface area contributed by atoms with Crippen LogP contribution in [0.5, 0.6) is 0 Å². The van der Waals surface area contributed by atoms with Crippen molar-refractivity contribution < 1.29 is 9.53 Å². The molecule has 0 rings (SSSR count). The van der Waals surface area contributed by atoms with E-state index in [2.05, 4.69) is 19.2 Å². The van der Waals surface area contributed by atoms with Gasteiger partial charge in [-0.1, -0.05) is 49.3 Å². The quantitative estimate of drug-likeness (QED) is 0.339. The Labute approximate surface area is 120 Å². The van der Waals surface area contributed by atoms with Gasteiger partial charge < -0.3 is 10.1 Å². The minimum atomic E-state index is 0.156. The summed E-state index contributed by atoms with van der Waals surface area (Å²) in [6, 6.07) is 0.561. The van der Waals surface area contributed by atoms with Gasteiger partial charge in [0.15, 0.2) is 0 Å². The molecule has 0 fully saturated rings. The third kappa shape index (κ3) is 12.7.